The number of aliphatic imine (C=N–C) groups is 1. The zero-order chi connectivity index (χ0) is 29.8. The fraction of sp³-hybridized carbons (Fsp3) is 0.500. The molecule has 0 radical (unpaired) electrons. The number of hydrogen-bond acceptors (Lipinski definition) is 5. The summed E-state index contributed by atoms with van der Waals surface area (Å²) in [5, 5.41) is 23.4. The van der Waals surface area contributed by atoms with Crippen LogP contribution in [0.15, 0.2) is 53.8 Å². The van der Waals surface area contributed by atoms with Gasteiger partial charge in [0.25, 0.3) is 0 Å². The molecule has 3 aromatic rings. The Balaban J connectivity index is 0.000000416. The molecule has 0 fully saturated rings. The summed E-state index contributed by atoms with van der Waals surface area (Å²) in [5.41, 5.74) is 4.94. The summed E-state index contributed by atoms with van der Waals surface area (Å²) in [6.45, 7) is 25.3. The van der Waals surface area contributed by atoms with Crippen molar-refractivity contribution in [2.45, 2.75) is 111 Å². The summed E-state index contributed by atoms with van der Waals surface area (Å²) in [7, 11) is 0. The minimum atomic E-state index is -0.391. The van der Waals surface area contributed by atoms with Crippen LogP contribution in [0, 0.1) is 0 Å². The third-order valence-electron chi connectivity index (χ3n) is 6.52. The van der Waals surface area contributed by atoms with E-state index in [4.69, 9.17) is 4.99 Å². The predicted octanol–water partition coefficient (Wildman–Crippen LogP) is 7.44. The van der Waals surface area contributed by atoms with E-state index < -0.39 is 5.75 Å². The van der Waals surface area contributed by atoms with Gasteiger partial charge in [-0.15, -0.1) is 11.5 Å². The van der Waals surface area contributed by atoms with Crippen molar-refractivity contribution in [2.24, 2.45) is 4.99 Å². The number of aromatic nitrogens is 2. The Morgan fingerprint density at radius 3 is 1.68 bits per heavy atom. The Morgan fingerprint density at radius 1 is 0.675 bits per heavy atom. The zero-order valence-corrected chi connectivity index (χ0v) is 27.4. The molecule has 0 amide bonds. The zero-order valence-electron chi connectivity index (χ0n) is 26.4. The van der Waals surface area contributed by atoms with E-state index in [2.05, 4.69) is 69.7 Å². The summed E-state index contributed by atoms with van der Waals surface area (Å²) in [5.74, 6) is 0.0402. The number of benzene rings is 2. The van der Waals surface area contributed by atoms with Crippen molar-refractivity contribution in [1.82, 2.24) is 9.97 Å². The maximum absolute atomic E-state index is 11.8. The van der Waals surface area contributed by atoms with Crippen LogP contribution < -0.4 is 10.2 Å². The Labute approximate surface area is 252 Å². The van der Waals surface area contributed by atoms with Gasteiger partial charge in [-0.05, 0) is 50.5 Å². The Morgan fingerprint density at radius 2 is 1.20 bits per heavy atom. The van der Waals surface area contributed by atoms with Crippen molar-refractivity contribution in [1.29, 1.82) is 0 Å². The fourth-order valence-corrected chi connectivity index (χ4v) is 3.99. The van der Waals surface area contributed by atoms with Gasteiger partial charge in [-0.2, -0.15) is 0 Å². The average molecular weight is 588 g/mol. The van der Waals surface area contributed by atoms with Gasteiger partial charge in [0, 0.05) is 25.0 Å². The van der Waals surface area contributed by atoms with E-state index >= 15 is 0 Å². The molecule has 1 aromatic heterocycles. The van der Waals surface area contributed by atoms with Crippen LogP contribution in [0.4, 0.5) is 5.69 Å². The molecule has 0 aliphatic heterocycles. The van der Waals surface area contributed by atoms with Gasteiger partial charge in [-0.3, -0.25) is 4.99 Å². The molecule has 2 aromatic carbocycles. The molecule has 0 unspecified atom stereocenters. The van der Waals surface area contributed by atoms with Crippen molar-refractivity contribution in [3.8, 4) is 11.5 Å². The normalized spacial score (nSPS) is 12.5. The van der Waals surface area contributed by atoms with Crippen LogP contribution in [-0.2, 0) is 44.6 Å². The average Bonchev–Trinajstić information content (AvgIpc) is 2.79. The fourth-order valence-electron chi connectivity index (χ4n) is 3.99. The van der Waals surface area contributed by atoms with Gasteiger partial charge in [0.05, 0.1) is 5.69 Å². The summed E-state index contributed by atoms with van der Waals surface area (Å²) in [6, 6.07) is 11.8. The van der Waals surface area contributed by atoms with E-state index in [1.54, 1.807) is 12.4 Å². The molecule has 0 saturated carbocycles. The molecule has 40 heavy (non-hydrogen) atoms. The van der Waals surface area contributed by atoms with Gasteiger partial charge in [0.1, 0.15) is 5.82 Å². The first-order valence-electron chi connectivity index (χ1n) is 13.7. The molecule has 0 aliphatic rings. The van der Waals surface area contributed by atoms with Crippen molar-refractivity contribution < 1.29 is 26.7 Å². The van der Waals surface area contributed by atoms with Crippen LogP contribution >= 0.6 is 0 Å². The third kappa shape index (κ3) is 10.0. The van der Waals surface area contributed by atoms with Crippen LogP contribution in [0.25, 0.3) is 0 Å². The smallest absolute Gasteiger partial charge is 0.873 e. The topological polar surface area (TPSA) is 84.3 Å². The number of hydrogen-bond donors (Lipinski definition) is 0. The Kier molecular flexibility index (Phi) is 11.7. The molecule has 220 valence electrons. The quantitative estimate of drug-likeness (QED) is 0.235. The second-order valence-corrected chi connectivity index (χ2v) is 14.3. The third-order valence-corrected chi connectivity index (χ3v) is 6.52. The molecule has 0 atom stereocenters. The van der Waals surface area contributed by atoms with E-state index in [1.807, 2.05) is 59.9 Å². The summed E-state index contributed by atoms with van der Waals surface area (Å²) in [6.07, 6.45) is 6.07. The predicted molar refractivity (Wildman–Crippen MR) is 160 cm³/mol. The van der Waals surface area contributed by atoms with Gasteiger partial charge in [-0.1, -0.05) is 113 Å². The summed E-state index contributed by atoms with van der Waals surface area (Å²) in [4.78, 5) is 13.2. The second-order valence-electron chi connectivity index (χ2n) is 14.3. The molecule has 5 nitrogen and oxygen atoms in total. The summed E-state index contributed by atoms with van der Waals surface area (Å²) < 4.78 is 0. The molecule has 0 spiro atoms. The first-order chi connectivity index (χ1) is 17.7. The maximum Gasteiger partial charge on any atom is 2.00 e. The molecular formula is C34H47N3NiO2. The van der Waals surface area contributed by atoms with Crippen LogP contribution in [0.1, 0.15) is 111 Å². The number of rotatable bonds is 3. The van der Waals surface area contributed by atoms with Crippen LogP contribution in [0.3, 0.4) is 0 Å². The van der Waals surface area contributed by atoms with E-state index in [0.717, 1.165) is 17.1 Å². The first kappa shape index (κ1) is 35.3. The van der Waals surface area contributed by atoms with Gasteiger partial charge in [-0.25, -0.2) is 9.97 Å². The minimum Gasteiger partial charge on any atom is -0.873 e. The molecule has 0 bridgehead atoms. The first-order valence-corrected chi connectivity index (χ1v) is 13.7. The van der Waals surface area contributed by atoms with Crippen molar-refractivity contribution in [3.63, 3.8) is 0 Å². The van der Waals surface area contributed by atoms with Crippen molar-refractivity contribution >= 4 is 11.9 Å². The monoisotopic (exact) mass is 587 g/mol. The van der Waals surface area contributed by atoms with E-state index in [1.165, 1.54) is 17.2 Å². The molecule has 6 heteroatoms. The van der Waals surface area contributed by atoms with Crippen molar-refractivity contribution in [2.75, 3.05) is 0 Å². The largest absolute Gasteiger partial charge is 2.00 e. The molecule has 0 saturated heterocycles. The van der Waals surface area contributed by atoms with E-state index in [9.17, 15) is 10.2 Å². The standard InChI is InChI=1S/C20H27N3.C14H22O2.Ni/c1-19(2,3)15-8-9-16(20(4,5)6)17(14-15)21-13-10-18-22-11-7-12-23-18;1-13(2,3)9-7-10(14(4,5)6)12(16)11(15)8-9;/h7-9,11-14H,10H2,1-6H3;7-8,15-16H,1-6H3;/q;;+2/p-2. The Bertz CT molecular complexity index is 1270. The van der Waals surface area contributed by atoms with Gasteiger partial charge >= 0.3 is 16.5 Å². The van der Waals surface area contributed by atoms with Gasteiger partial charge in [0.15, 0.2) is 0 Å². The Hall–Kier alpha value is -2.72. The SMILES string of the molecule is CC(C)(C)c1cc([O-])c([O-])c(C(C)(C)C)c1.CC(C)(C)c1ccc(C(C)(C)C)c(N=CCc2ncccn2)c1.[Ni+2]. The second kappa shape index (κ2) is 13.3. The molecular weight excluding hydrogens is 541 g/mol. The minimum absolute atomic E-state index is 0. The molecule has 0 N–H and O–H groups in total. The number of nitrogens with zero attached hydrogens (tertiary/aromatic N) is 3. The van der Waals surface area contributed by atoms with Crippen LogP contribution in [-0.4, -0.2) is 16.2 Å². The van der Waals surface area contributed by atoms with Crippen molar-refractivity contribution in [3.05, 3.63) is 76.9 Å². The van der Waals surface area contributed by atoms with Crippen LogP contribution in [0.2, 0.25) is 0 Å². The molecule has 3 rings (SSSR count). The van der Waals surface area contributed by atoms with Gasteiger partial charge < -0.3 is 10.2 Å². The molecule has 1 heterocycles. The van der Waals surface area contributed by atoms with E-state index in [-0.39, 0.29) is 43.9 Å². The maximum atomic E-state index is 11.8. The van der Waals surface area contributed by atoms with Crippen LogP contribution in [0.5, 0.6) is 11.5 Å². The van der Waals surface area contributed by atoms with E-state index in [0.29, 0.717) is 12.0 Å². The molecule has 0 aliphatic carbocycles. The summed E-state index contributed by atoms with van der Waals surface area (Å²) >= 11 is 0. The van der Waals surface area contributed by atoms with Gasteiger partial charge in [0.2, 0.25) is 0 Å².